The van der Waals surface area contributed by atoms with Crippen molar-refractivity contribution in [3.8, 4) is 6.01 Å². The van der Waals surface area contributed by atoms with Crippen LogP contribution < -0.4 is 15.4 Å². The Labute approximate surface area is 183 Å². The van der Waals surface area contributed by atoms with E-state index in [4.69, 9.17) is 10.5 Å². The van der Waals surface area contributed by atoms with Crippen LogP contribution in [0.5, 0.6) is 6.01 Å². The van der Waals surface area contributed by atoms with E-state index in [1.54, 1.807) is 4.90 Å². The smallest absolute Gasteiger partial charge is 0.320 e. The number of ether oxygens (including phenoxy) is 1. The van der Waals surface area contributed by atoms with Gasteiger partial charge in [-0.1, -0.05) is 37.6 Å². The van der Waals surface area contributed by atoms with Gasteiger partial charge in [0.15, 0.2) is 12.0 Å². The van der Waals surface area contributed by atoms with Gasteiger partial charge in [-0.05, 0) is 43.5 Å². The summed E-state index contributed by atoms with van der Waals surface area (Å²) in [5, 5.41) is 10.7. The van der Waals surface area contributed by atoms with Crippen molar-refractivity contribution >= 4 is 17.4 Å². The van der Waals surface area contributed by atoms with Crippen LogP contribution in [0.2, 0.25) is 0 Å². The molecule has 3 heterocycles. The molecule has 1 unspecified atom stereocenters. The highest BCUT2D eigenvalue weighted by Gasteiger charge is 2.35. The number of benzene rings is 1. The maximum absolute atomic E-state index is 12.5. The Morgan fingerprint density at radius 2 is 1.94 bits per heavy atom. The average molecular weight is 426 g/mol. The number of ketones is 1. The van der Waals surface area contributed by atoms with Crippen molar-refractivity contribution in [2.24, 2.45) is 0 Å². The lowest BCUT2D eigenvalue weighted by Gasteiger charge is -2.34. The van der Waals surface area contributed by atoms with Gasteiger partial charge in [-0.2, -0.15) is 9.97 Å². The number of nitrogens with zero attached hydrogens (tertiary/aromatic N) is 4. The summed E-state index contributed by atoms with van der Waals surface area (Å²) in [7, 11) is 0. The van der Waals surface area contributed by atoms with Gasteiger partial charge in [0.05, 0.1) is 6.61 Å². The minimum atomic E-state index is -1.27. The van der Waals surface area contributed by atoms with Gasteiger partial charge in [-0.25, -0.2) is 0 Å². The zero-order valence-corrected chi connectivity index (χ0v) is 18.1. The number of anilines is 2. The van der Waals surface area contributed by atoms with Crippen molar-refractivity contribution in [3.63, 3.8) is 0 Å². The van der Waals surface area contributed by atoms with Gasteiger partial charge in [0, 0.05) is 25.1 Å². The number of unbranched alkanes of at least 4 members (excludes halogenated alkanes) is 1. The van der Waals surface area contributed by atoms with Gasteiger partial charge in [0.25, 0.3) is 0 Å². The number of aromatic nitrogens is 2. The van der Waals surface area contributed by atoms with Crippen molar-refractivity contribution in [2.45, 2.75) is 58.3 Å². The Kier molecular flexibility index (Phi) is 6.67. The zero-order valence-electron chi connectivity index (χ0n) is 18.1. The summed E-state index contributed by atoms with van der Waals surface area (Å²) < 4.78 is 5.65. The largest absolute Gasteiger partial charge is 0.463 e. The summed E-state index contributed by atoms with van der Waals surface area (Å²) in [5.41, 5.74) is 8.90. The molecule has 0 saturated carbocycles. The molecule has 1 aromatic heterocycles. The van der Waals surface area contributed by atoms with Crippen molar-refractivity contribution in [2.75, 3.05) is 30.3 Å². The Balaban J connectivity index is 1.58. The minimum absolute atomic E-state index is 0.0169. The SMILES string of the molecule is CCCCOc1nc(N)c2c(n1)N(Cc1cccc(CN3CCCC3)c1)C(O)C(=O)C2. The van der Waals surface area contributed by atoms with Gasteiger partial charge in [0.2, 0.25) is 0 Å². The molecule has 2 aliphatic heterocycles. The normalized spacial score (nSPS) is 19.0. The number of carbonyl (C=O) groups is 1. The number of nitrogens with two attached hydrogens (primary N) is 1. The Morgan fingerprint density at radius 3 is 2.68 bits per heavy atom. The van der Waals surface area contributed by atoms with Crippen LogP contribution in [0.1, 0.15) is 49.3 Å². The predicted octanol–water partition coefficient (Wildman–Crippen LogP) is 2.28. The molecule has 8 heteroatoms. The molecule has 1 atom stereocenters. The summed E-state index contributed by atoms with van der Waals surface area (Å²) in [6, 6.07) is 8.45. The van der Waals surface area contributed by atoms with Gasteiger partial charge in [-0.15, -0.1) is 0 Å². The van der Waals surface area contributed by atoms with Crippen LogP contribution in [0.3, 0.4) is 0 Å². The summed E-state index contributed by atoms with van der Waals surface area (Å²) >= 11 is 0. The third-order valence-corrected chi connectivity index (χ3v) is 5.88. The molecular weight excluding hydrogens is 394 g/mol. The highest BCUT2D eigenvalue weighted by atomic mass is 16.5. The van der Waals surface area contributed by atoms with E-state index in [2.05, 4.69) is 33.9 Å². The molecule has 2 aromatic rings. The van der Waals surface area contributed by atoms with E-state index >= 15 is 0 Å². The van der Waals surface area contributed by atoms with Crippen molar-refractivity contribution in [1.29, 1.82) is 0 Å². The van der Waals surface area contributed by atoms with Gasteiger partial charge in [-0.3, -0.25) is 9.69 Å². The molecule has 0 spiro atoms. The summed E-state index contributed by atoms with van der Waals surface area (Å²) in [4.78, 5) is 25.2. The van der Waals surface area contributed by atoms with E-state index in [-0.39, 0.29) is 24.0 Å². The number of fused-ring (bicyclic) bond motifs is 1. The molecule has 1 fully saturated rings. The van der Waals surface area contributed by atoms with Gasteiger partial charge < -0.3 is 20.5 Å². The van der Waals surface area contributed by atoms with Crippen molar-refractivity contribution in [1.82, 2.24) is 14.9 Å². The van der Waals surface area contributed by atoms with Crippen LogP contribution in [0.25, 0.3) is 0 Å². The molecule has 3 N–H and O–H groups in total. The molecule has 1 aromatic carbocycles. The van der Waals surface area contributed by atoms with Crippen molar-refractivity contribution in [3.05, 3.63) is 41.0 Å². The number of hydrogen-bond acceptors (Lipinski definition) is 8. The van der Waals surface area contributed by atoms with Crippen LogP contribution >= 0.6 is 0 Å². The van der Waals surface area contributed by atoms with Crippen LogP contribution in [-0.4, -0.2) is 51.7 Å². The fourth-order valence-electron chi connectivity index (χ4n) is 4.19. The van der Waals surface area contributed by atoms with E-state index in [1.165, 1.54) is 18.4 Å². The predicted molar refractivity (Wildman–Crippen MR) is 119 cm³/mol. The maximum Gasteiger partial charge on any atom is 0.320 e. The summed E-state index contributed by atoms with van der Waals surface area (Å²) in [6.45, 7) is 6.10. The molecule has 4 rings (SSSR count). The fraction of sp³-hybridized carbons (Fsp3) is 0.522. The second-order valence-corrected chi connectivity index (χ2v) is 8.34. The number of Topliss-reactive ketones (excluding diaryl/α,β-unsaturated/α-hetero) is 1. The molecule has 0 amide bonds. The second-order valence-electron chi connectivity index (χ2n) is 8.34. The lowest BCUT2D eigenvalue weighted by atomic mass is 10.0. The van der Waals surface area contributed by atoms with E-state index in [0.29, 0.717) is 24.5 Å². The summed E-state index contributed by atoms with van der Waals surface area (Å²) in [5.74, 6) is 0.385. The lowest BCUT2D eigenvalue weighted by Crippen LogP contribution is -2.46. The number of likely N-dealkylation sites (tertiary alicyclic amines) is 1. The molecule has 1 saturated heterocycles. The molecule has 2 aliphatic rings. The minimum Gasteiger partial charge on any atom is -0.463 e. The second kappa shape index (κ2) is 9.62. The zero-order chi connectivity index (χ0) is 21.8. The topological polar surface area (TPSA) is 105 Å². The Morgan fingerprint density at radius 1 is 1.19 bits per heavy atom. The molecule has 0 aliphatic carbocycles. The molecule has 0 bridgehead atoms. The van der Waals surface area contributed by atoms with E-state index in [1.807, 2.05) is 12.1 Å². The molecule has 166 valence electrons. The maximum atomic E-state index is 12.5. The highest BCUT2D eigenvalue weighted by molar-refractivity contribution is 5.92. The van der Waals surface area contributed by atoms with E-state index in [0.717, 1.165) is 38.0 Å². The first-order valence-electron chi connectivity index (χ1n) is 11.1. The van der Waals surface area contributed by atoms with Crippen molar-refractivity contribution < 1.29 is 14.6 Å². The van der Waals surface area contributed by atoms with Crippen LogP contribution in [0.4, 0.5) is 11.6 Å². The quantitative estimate of drug-likeness (QED) is 0.621. The third kappa shape index (κ3) is 4.97. The number of aliphatic hydroxyl groups is 1. The fourth-order valence-corrected chi connectivity index (χ4v) is 4.19. The lowest BCUT2D eigenvalue weighted by molar-refractivity contribution is -0.127. The van der Waals surface area contributed by atoms with Crippen LogP contribution in [-0.2, 0) is 24.3 Å². The van der Waals surface area contributed by atoms with Gasteiger partial charge in [0.1, 0.15) is 11.6 Å². The summed E-state index contributed by atoms with van der Waals surface area (Å²) in [6.07, 6.45) is 3.13. The molecule has 0 radical (unpaired) electrons. The first-order chi connectivity index (χ1) is 15.0. The first-order valence-corrected chi connectivity index (χ1v) is 11.1. The number of aliphatic hydroxyl groups excluding tert-OH is 1. The number of carbonyl (C=O) groups excluding carboxylic acids is 1. The Bertz CT molecular complexity index is 929. The third-order valence-electron chi connectivity index (χ3n) is 5.88. The number of rotatable bonds is 8. The number of nitrogen functional groups attached to an aromatic ring is 1. The Hall–Kier alpha value is -2.71. The van der Waals surface area contributed by atoms with Crippen LogP contribution in [0, 0.1) is 0 Å². The number of hydrogen-bond donors (Lipinski definition) is 2. The van der Waals surface area contributed by atoms with Gasteiger partial charge >= 0.3 is 6.01 Å². The molecule has 31 heavy (non-hydrogen) atoms. The van der Waals surface area contributed by atoms with E-state index in [9.17, 15) is 9.90 Å². The standard InChI is InChI=1S/C23H31N5O3/c1-2-3-11-31-23-25-20(24)18-13-19(29)22(30)28(21(18)26-23)15-17-8-6-7-16(12-17)14-27-9-4-5-10-27/h6-8,12,22,30H,2-5,9-11,13-15H2,1H3,(H2,24,25,26). The molecular formula is C23H31N5O3. The first kappa shape index (κ1) is 21.5. The average Bonchev–Trinajstić information content (AvgIpc) is 3.26. The van der Waals surface area contributed by atoms with Crippen LogP contribution in [0.15, 0.2) is 24.3 Å². The highest BCUT2D eigenvalue weighted by Crippen LogP contribution is 2.33. The molecule has 8 nitrogen and oxygen atoms in total. The van der Waals surface area contributed by atoms with E-state index < -0.39 is 6.23 Å². The monoisotopic (exact) mass is 425 g/mol.